The lowest BCUT2D eigenvalue weighted by atomic mass is 9.98. The van der Waals surface area contributed by atoms with Gasteiger partial charge in [-0.05, 0) is 35.7 Å². The molecule has 10 heteroatoms. The number of nitrogens with one attached hydrogen (secondary N) is 1. The number of amides is 4. The molecule has 170 valence electrons. The number of carbonyl (C=O) groups excluding carboxylic acids is 3. The highest BCUT2D eigenvalue weighted by molar-refractivity contribution is 6.00. The number of methoxy groups -OCH3 is 1. The second-order valence-electron chi connectivity index (χ2n) is 7.12. The van der Waals surface area contributed by atoms with Crippen molar-refractivity contribution in [3.8, 4) is 11.5 Å². The molecule has 2 rings (SSSR count). The van der Waals surface area contributed by atoms with Gasteiger partial charge in [-0.3, -0.25) is 14.5 Å². The minimum atomic E-state index is -1.44. The highest BCUT2D eigenvalue weighted by Crippen LogP contribution is 2.26. The Morgan fingerprint density at radius 3 is 2.34 bits per heavy atom. The van der Waals surface area contributed by atoms with Crippen LogP contribution >= 0.6 is 0 Å². The van der Waals surface area contributed by atoms with E-state index in [9.17, 15) is 29.4 Å². The standard InChI is InChI=1S/C22H25N3O7/c1-13(10-15-11-16(26)8-9-17(15)32-2)20(28)25(12-18(23)27)22(31)24-19(21(29)30)14-6-4-3-5-7-14/h3-9,11,13,19,26H,10,12H2,1-2H3,(H2,23,27)(H,24,31)(H,29,30). The van der Waals surface area contributed by atoms with Crippen molar-refractivity contribution < 1.29 is 34.1 Å². The zero-order valence-electron chi connectivity index (χ0n) is 17.6. The third-order valence-electron chi connectivity index (χ3n) is 4.68. The summed E-state index contributed by atoms with van der Waals surface area (Å²) in [5.41, 5.74) is 6.01. The number of hydrogen-bond acceptors (Lipinski definition) is 6. The predicted octanol–water partition coefficient (Wildman–Crippen LogP) is 1.43. The minimum Gasteiger partial charge on any atom is -0.508 e. The van der Waals surface area contributed by atoms with E-state index in [1.54, 1.807) is 18.2 Å². The van der Waals surface area contributed by atoms with Crippen LogP contribution in [0.25, 0.3) is 0 Å². The van der Waals surface area contributed by atoms with Gasteiger partial charge in [-0.15, -0.1) is 0 Å². The fraction of sp³-hybridized carbons (Fsp3) is 0.273. The molecule has 5 N–H and O–H groups in total. The summed E-state index contributed by atoms with van der Waals surface area (Å²) >= 11 is 0. The second-order valence-corrected chi connectivity index (χ2v) is 7.12. The number of aromatic hydroxyl groups is 1. The lowest BCUT2D eigenvalue weighted by Gasteiger charge is -2.25. The summed E-state index contributed by atoms with van der Waals surface area (Å²) in [5, 5.41) is 21.5. The van der Waals surface area contributed by atoms with E-state index in [2.05, 4.69) is 5.32 Å². The summed E-state index contributed by atoms with van der Waals surface area (Å²) in [4.78, 5) is 49.6. The van der Waals surface area contributed by atoms with Gasteiger partial charge >= 0.3 is 12.0 Å². The molecule has 0 saturated carbocycles. The lowest BCUT2D eigenvalue weighted by Crippen LogP contribution is -2.51. The molecule has 0 spiro atoms. The van der Waals surface area contributed by atoms with Crippen LogP contribution in [0.5, 0.6) is 11.5 Å². The number of urea groups is 1. The first-order valence-electron chi connectivity index (χ1n) is 9.67. The number of phenolic OH excluding ortho intramolecular Hbond substituents is 1. The molecule has 2 aromatic rings. The number of carboxylic acids is 1. The van der Waals surface area contributed by atoms with Crippen molar-refractivity contribution in [2.24, 2.45) is 11.7 Å². The van der Waals surface area contributed by atoms with Crippen LogP contribution in [-0.4, -0.2) is 52.6 Å². The Balaban J connectivity index is 2.25. The molecule has 0 fully saturated rings. The smallest absolute Gasteiger partial charge is 0.330 e. The van der Waals surface area contributed by atoms with Gasteiger partial charge in [-0.25, -0.2) is 9.59 Å². The predicted molar refractivity (Wildman–Crippen MR) is 114 cm³/mol. The van der Waals surface area contributed by atoms with Gasteiger partial charge in [-0.1, -0.05) is 37.3 Å². The number of carbonyl (C=O) groups is 4. The largest absolute Gasteiger partial charge is 0.508 e. The molecular weight excluding hydrogens is 418 g/mol. The van der Waals surface area contributed by atoms with Crippen molar-refractivity contribution in [1.29, 1.82) is 0 Å². The first kappa shape index (κ1) is 24.2. The van der Waals surface area contributed by atoms with Crippen molar-refractivity contribution in [1.82, 2.24) is 10.2 Å². The molecule has 4 amide bonds. The Hall–Kier alpha value is -4.08. The van der Waals surface area contributed by atoms with Gasteiger partial charge in [0.25, 0.3) is 0 Å². The van der Waals surface area contributed by atoms with E-state index in [1.807, 2.05) is 0 Å². The number of hydrogen-bond donors (Lipinski definition) is 4. The van der Waals surface area contributed by atoms with Crippen LogP contribution in [0.2, 0.25) is 0 Å². The maximum absolute atomic E-state index is 13.0. The molecule has 2 atom stereocenters. The van der Waals surface area contributed by atoms with Crippen molar-refractivity contribution >= 4 is 23.8 Å². The highest BCUT2D eigenvalue weighted by atomic mass is 16.5. The SMILES string of the molecule is COc1ccc(O)cc1CC(C)C(=O)N(CC(N)=O)C(=O)NC(C(=O)O)c1ccccc1. The third-order valence-corrected chi connectivity index (χ3v) is 4.68. The Bertz CT molecular complexity index is 994. The average Bonchev–Trinajstić information content (AvgIpc) is 2.75. The molecule has 0 aromatic heterocycles. The molecule has 0 radical (unpaired) electrons. The Morgan fingerprint density at radius 1 is 1.12 bits per heavy atom. The number of benzene rings is 2. The maximum atomic E-state index is 13.0. The molecule has 0 heterocycles. The number of rotatable bonds is 9. The first-order valence-corrected chi connectivity index (χ1v) is 9.67. The van der Waals surface area contributed by atoms with Crippen molar-refractivity contribution in [3.63, 3.8) is 0 Å². The molecule has 2 aromatic carbocycles. The molecule has 0 aliphatic rings. The number of aliphatic carboxylic acids is 1. The van der Waals surface area contributed by atoms with Crippen LogP contribution in [0, 0.1) is 5.92 Å². The van der Waals surface area contributed by atoms with Crippen LogP contribution in [0.4, 0.5) is 4.79 Å². The third kappa shape index (κ3) is 6.21. The monoisotopic (exact) mass is 443 g/mol. The molecule has 32 heavy (non-hydrogen) atoms. The minimum absolute atomic E-state index is 0.0284. The van der Waals surface area contributed by atoms with E-state index in [4.69, 9.17) is 10.5 Å². The van der Waals surface area contributed by atoms with E-state index < -0.39 is 42.3 Å². The van der Waals surface area contributed by atoms with E-state index in [0.717, 1.165) is 0 Å². The number of nitrogens with zero attached hydrogens (tertiary/aromatic N) is 1. The molecule has 0 bridgehead atoms. The zero-order chi connectivity index (χ0) is 23.8. The number of phenols is 1. The van der Waals surface area contributed by atoms with Crippen LogP contribution in [0.3, 0.4) is 0 Å². The van der Waals surface area contributed by atoms with Gasteiger partial charge in [-0.2, -0.15) is 0 Å². The van der Waals surface area contributed by atoms with Gasteiger partial charge in [0.05, 0.1) is 7.11 Å². The molecular formula is C22H25N3O7. The molecule has 0 aliphatic carbocycles. The van der Waals surface area contributed by atoms with Gasteiger partial charge in [0, 0.05) is 5.92 Å². The second kappa shape index (κ2) is 10.8. The molecule has 2 unspecified atom stereocenters. The molecule has 0 aliphatic heterocycles. The lowest BCUT2D eigenvalue weighted by molar-refractivity contribution is -0.140. The summed E-state index contributed by atoms with van der Waals surface area (Å²) in [6, 6.07) is 9.80. The maximum Gasteiger partial charge on any atom is 0.330 e. The Morgan fingerprint density at radius 2 is 1.78 bits per heavy atom. The normalized spacial score (nSPS) is 12.3. The van der Waals surface area contributed by atoms with E-state index >= 15 is 0 Å². The van der Waals surface area contributed by atoms with E-state index in [0.29, 0.717) is 16.2 Å². The topological polar surface area (TPSA) is 159 Å². The Kier molecular flexibility index (Phi) is 8.17. The number of ether oxygens (including phenoxy) is 1. The number of nitrogens with two attached hydrogens (primary N) is 1. The number of imide groups is 1. The van der Waals surface area contributed by atoms with Crippen molar-refractivity contribution in [3.05, 3.63) is 59.7 Å². The molecule has 0 saturated heterocycles. The fourth-order valence-corrected chi connectivity index (χ4v) is 3.15. The average molecular weight is 443 g/mol. The Labute approximate surface area is 184 Å². The fourth-order valence-electron chi connectivity index (χ4n) is 3.15. The van der Waals surface area contributed by atoms with Gasteiger partial charge in [0.1, 0.15) is 18.0 Å². The van der Waals surface area contributed by atoms with Crippen LogP contribution in [0.15, 0.2) is 48.5 Å². The highest BCUT2D eigenvalue weighted by Gasteiger charge is 2.31. The van der Waals surface area contributed by atoms with Gasteiger partial charge in [0.2, 0.25) is 11.8 Å². The van der Waals surface area contributed by atoms with Gasteiger partial charge < -0.3 is 26.0 Å². The van der Waals surface area contributed by atoms with Crippen LogP contribution in [-0.2, 0) is 20.8 Å². The van der Waals surface area contributed by atoms with Crippen LogP contribution in [0.1, 0.15) is 24.1 Å². The summed E-state index contributed by atoms with van der Waals surface area (Å²) < 4.78 is 5.23. The summed E-state index contributed by atoms with van der Waals surface area (Å²) in [7, 11) is 1.44. The van der Waals surface area contributed by atoms with Gasteiger partial charge in [0.15, 0.2) is 6.04 Å². The summed E-state index contributed by atoms with van der Waals surface area (Å²) in [6.07, 6.45) is 0.0833. The first-order chi connectivity index (χ1) is 15.1. The summed E-state index contributed by atoms with van der Waals surface area (Å²) in [6.45, 7) is 0.798. The molecule has 10 nitrogen and oxygen atoms in total. The van der Waals surface area contributed by atoms with Crippen molar-refractivity contribution in [2.45, 2.75) is 19.4 Å². The number of carboxylic acid groups (broad SMARTS) is 1. The summed E-state index contributed by atoms with van der Waals surface area (Å²) in [5.74, 6) is -3.45. The number of primary amides is 1. The van der Waals surface area contributed by atoms with E-state index in [1.165, 1.54) is 44.4 Å². The van der Waals surface area contributed by atoms with E-state index in [-0.39, 0.29) is 17.7 Å². The zero-order valence-corrected chi connectivity index (χ0v) is 17.6. The van der Waals surface area contributed by atoms with Crippen molar-refractivity contribution in [2.75, 3.05) is 13.7 Å². The quantitative estimate of drug-likeness (QED) is 0.456. The van der Waals surface area contributed by atoms with Crippen LogP contribution < -0.4 is 15.8 Å².